The van der Waals surface area contributed by atoms with Crippen LogP contribution in [0.25, 0.3) is 5.69 Å². The van der Waals surface area contributed by atoms with E-state index in [0.717, 1.165) is 22.6 Å². The maximum absolute atomic E-state index is 6.16. The van der Waals surface area contributed by atoms with Crippen molar-refractivity contribution in [2.75, 3.05) is 7.11 Å². The molecule has 0 saturated carbocycles. The van der Waals surface area contributed by atoms with Crippen molar-refractivity contribution in [3.05, 3.63) is 74.1 Å². The van der Waals surface area contributed by atoms with Gasteiger partial charge in [0.25, 0.3) is 0 Å². The molecule has 0 aliphatic carbocycles. The molecule has 0 amide bonds. The number of benzene rings is 2. The molecule has 3 rings (SSSR count). The number of hydrogen-bond donors (Lipinski definition) is 0. The monoisotopic (exact) mass is 464 g/mol. The van der Waals surface area contributed by atoms with Gasteiger partial charge in [-0.1, -0.05) is 11.6 Å². The minimum atomic E-state index is 0.557. The van der Waals surface area contributed by atoms with Gasteiger partial charge in [-0.15, -0.1) is 0 Å². The minimum Gasteiger partial charge on any atom is -0.495 e. The zero-order valence-corrected chi connectivity index (χ0v) is 17.2. The molecule has 0 bridgehead atoms. The normalized spacial score (nSPS) is 11.2. The molecule has 1 heterocycles. The summed E-state index contributed by atoms with van der Waals surface area (Å²) in [5.74, 6) is 0.650. The Morgan fingerprint density at radius 1 is 1.08 bits per heavy atom. The zero-order valence-electron chi connectivity index (χ0n) is 14.3. The fraction of sp³-hybridized carbons (Fsp3) is 0.150. The van der Waals surface area contributed by atoms with Gasteiger partial charge < -0.3 is 9.30 Å². The van der Waals surface area contributed by atoms with Gasteiger partial charge in [0, 0.05) is 32.4 Å². The fourth-order valence-electron chi connectivity index (χ4n) is 2.79. The lowest BCUT2D eigenvalue weighted by Gasteiger charge is -2.09. The lowest BCUT2D eigenvalue weighted by atomic mass is 10.2. The molecule has 0 unspecified atom stereocenters. The first-order chi connectivity index (χ1) is 12.0. The molecule has 0 saturated heterocycles. The summed E-state index contributed by atoms with van der Waals surface area (Å²) in [7, 11) is 1.60. The van der Waals surface area contributed by atoms with E-state index in [1.807, 2.05) is 18.3 Å². The molecule has 1 aromatic heterocycles. The van der Waals surface area contributed by atoms with Crippen molar-refractivity contribution in [1.29, 1.82) is 0 Å². The van der Waals surface area contributed by atoms with Crippen LogP contribution in [0.4, 0.5) is 5.69 Å². The molecule has 3 nitrogen and oxygen atoms in total. The van der Waals surface area contributed by atoms with Gasteiger partial charge in [0.2, 0.25) is 0 Å². The topological polar surface area (TPSA) is 26.5 Å². The van der Waals surface area contributed by atoms with Crippen molar-refractivity contribution >= 4 is 46.1 Å². The summed E-state index contributed by atoms with van der Waals surface area (Å²) in [5, 5.41) is 0.557. The summed E-state index contributed by atoms with van der Waals surface area (Å²) < 4.78 is 8.63. The molecule has 0 aliphatic rings. The maximum Gasteiger partial charge on any atom is 0.137 e. The Labute approximate surface area is 166 Å². The van der Waals surface area contributed by atoms with Crippen molar-refractivity contribution in [2.24, 2.45) is 4.99 Å². The summed E-state index contributed by atoms with van der Waals surface area (Å²) in [6.07, 6.45) is 1.88. The number of ether oxygens (including phenoxy) is 1. The van der Waals surface area contributed by atoms with Gasteiger partial charge in [0.1, 0.15) is 5.75 Å². The number of aliphatic imine (C=N–C) groups is 1. The highest BCUT2D eigenvalue weighted by Crippen LogP contribution is 2.29. The SMILES string of the molecule is COc1ccc(N=Cc2cc(C)n(-c3ccc(I)cc3)c2C)cc1Cl. The number of rotatable bonds is 4. The number of aromatic nitrogens is 1. The van der Waals surface area contributed by atoms with Gasteiger partial charge >= 0.3 is 0 Å². The number of methoxy groups -OCH3 is 1. The second kappa shape index (κ2) is 7.62. The maximum atomic E-state index is 6.16. The smallest absolute Gasteiger partial charge is 0.137 e. The van der Waals surface area contributed by atoms with Crippen LogP contribution < -0.4 is 4.74 Å². The highest BCUT2D eigenvalue weighted by molar-refractivity contribution is 14.1. The number of nitrogens with zero attached hydrogens (tertiary/aromatic N) is 2. The van der Waals surface area contributed by atoms with E-state index in [0.29, 0.717) is 10.8 Å². The van der Waals surface area contributed by atoms with Crippen molar-refractivity contribution in [3.8, 4) is 11.4 Å². The summed E-state index contributed by atoms with van der Waals surface area (Å²) in [6, 6.07) is 16.1. The molecule has 25 heavy (non-hydrogen) atoms. The average molecular weight is 465 g/mol. The largest absolute Gasteiger partial charge is 0.495 e. The Morgan fingerprint density at radius 2 is 1.80 bits per heavy atom. The van der Waals surface area contributed by atoms with Crippen LogP contribution in [0.3, 0.4) is 0 Å². The van der Waals surface area contributed by atoms with Crippen LogP contribution in [-0.2, 0) is 0 Å². The summed E-state index contributed by atoms with van der Waals surface area (Å²) in [4.78, 5) is 4.56. The Balaban J connectivity index is 1.92. The van der Waals surface area contributed by atoms with Crippen LogP contribution in [0.15, 0.2) is 53.5 Å². The molecule has 0 spiro atoms. The molecule has 0 fully saturated rings. The van der Waals surface area contributed by atoms with Gasteiger partial charge in [-0.3, -0.25) is 4.99 Å². The van der Waals surface area contributed by atoms with Gasteiger partial charge in [0.15, 0.2) is 0 Å². The van der Waals surface area contributed by atoms with Gasteiger partial charge in [0.05, 0.1) is 17.8 Å². The van der Waals surface area contributed by atoms with E-state index in [1.54, 1.807) is 13.2 Å². The summed E-state index contributed by atoms with van der Waals surface area (Å²) in [6.45, 7) is 4.21. The first kappa shape index (κ1) is 18.0. The van der Waals surface area contributed by atoms with E-state index in [4.69, 9.17) is 16.3 Å². The predicted octanol–water partition coefficient (Wildman–Crippen LogP) is 6.11. The van der Waals surface area contributed by atoms with Crippen LogP contribution >= 0.6 is 34.2 Å². The van der Waals surface area contributed by atoms with E-state index < -0.39 is 0 Å². The van der Waals surface area contributed by atoms with Crippen LogP contribution in [-0.4, -0.2) is 17.9 Å². The molecular formula is C20H18ClIN2O. The van der Waals surface area contributed by atoms with Crippen LogP contribution in [0.5, 0.6) is 5.75 Å². The van der Waals surface area contributed by atoms with E-state index in [-0.39, 0.29) is 0 Å². The van der Waals surface area contributed by atoms with Crippen LogP contribution in [0, 0.1) is 17.4 Å². The first-order valence-electron chi connectivity index (χ1n) is 7.82. The standard InChI is InChI=1S/C20H18ClIN2O/c1-13-10-15(12-23-17-6-9-20(25-3)19(21)11-17)14(2)24(13)18-7-4-16(22)5-8-18/h4-12H,1-3H3. The molecular weight excluding hydrogens is 447 g/mol. The lowest BCUT2D eigenvalue weighted by Crippen LogP contribution is -1.99. The van der Waals surface area contributed by atoms with Crippen molar-refractivity contribution in [2.45, 2.75) is 13.8 Å². The van der Waals surface area contributed by atoms with E-state index >= 15 is 0 Å². The molecule has 3 aromatic rings. The Hall–Kier alpha value is -1.79. The van der Waals surface area contributed by atoms with Gasteiger partial charge in [-0.25, -0.2) is 0 Å². The highest BCUT2D eigenvalue weighted by atomic mass is 127. The minimum absolute atomic E-state index is 0.557. The van der Waals surface area contributed by atoms with E-state index in [2.05, 4.69) is 76.3 Å². The zero-order chi connectivity index (χ0) is 18.0. The number of hydrogen-bond acceptors (Lipinski definition) is 2. The van der Waals surface area contributed by atoms with Crippen LogP contribution in [0.2, 0.25) is 5.02 Å². The lowest BCUT2D eigenvalue weighted by molar-refractivity contribution is 0.415. The van der Waals surface area contributed by atoms with Gasteiger partial charge in [-0.2, -0.15) is 0 Å². The molecule has 0 aliphatic heterocycles. The second-order valence-electron chi connectivity index (χ2n) is 5.72. The molecule has 0 N–H and O–H groups in total. The van der Waals surface area contributed by atoms with Crippen molar-refractivity contribution in [3.63, 3.8) is 0 Å². The fourth-order valence-corrected chi connectivity index (χ4v) is 3.40. The number of halogens is 2. The third kappa shape index (κ3) is 3.90. The third-order valence-corrected chi connectivity index (χ3v) is 5.06. The predicted molar refractivity (Wildman–Crippen MR) is 113 cm³/mol. The molecule has 128 valence electrons. The quantitative estimate of drug-likeness (QED) is 0.338. The summed E-state index contributed by atoms with van der Waals surface area (Å²) >= 11 is 8.48. The second-order valence-corrected chi connectivity index (χ2v) is 7.37. The Bertz CT molecular complexity index is 930. The van der Waals surface area contributed by atoms with E-state index in [9.17, 15) is 0 Å². The first-order valence-corrected chi connectivity index (χ1v) is 9.28. The molecule has 2 aromatic carbocycles. The van der Waals surface area contributed by atoms with Crippen molar-refractivity contribution in [1.82, 2.24) is 4.57 Å². The number of aryl methyl sites for hydroxylation is 1. The average Bonchev–Trinajstić information content (AvgIpc) is 2.88. The third-order valence-electron chi connectivity index (χ3n) is 4.04. The van der Waals surface area contributed by atoms with Crippen LogP contribution in [0.1, 0.15) is 17.0 Å². The van der Waals surface area contributed by atoms with Gasteiger partial charge in [-0.05, 0) is 85.0 Å². The molecule has 0 atom stereocenters. The Morgan fingerprint density at radius 3 is 2.44 bits per heavy atom. The Kier molecular flexibility index (Phi) is 5.49. The molecule has 5 heteroatoms. The summed E-state index contributed by atoms with van der Waals surface area (Å²) in [5.41, 5.74) is 5.37. The van der Waals surface area contributed by atoms with Crippen molar-refractivity contribution < 1.29 is 4.74 Å². The molecule has 0 radical (unpaired) electrons. The highest BCUT2D eigenvalue weighted by Gasteiger charge is 2.09. The van der Waals surface area contributed by atoms with E-state index in [1.165, 1.54) is 9.26 Å².